The Morgan fingerprint density at radius 3 is 2.38 bits per heavy atom. The Hall–Kier alpha value is -2.63. The number of carbonyl (C=O) groups excluding carboxylic acids is 3. The molecule has 29 heavy (non-hydrogen) atoms. The summed E-state index contributed by atoms with van der Waals surface area (Å²) in [6, 6.07) is 6.42. The van der Waals surface area contributed by atoms with E-state index < -0.39 is 55.1 Å². The minimum Gasteiger partial charge on any atom is -0.480 e. The van der Waals surface area contributed by atoms with Crippen LogP contribution in [0.25, 0.3) is 0 Å². The smallest absolute Gasteiger partial charge is 0.326 e. The van der Waals surface area contributed by atoms with Gasteiger partial charge in [0.05, 0.1) is 6.61 Å². The molecule has 0 aliphatic carbocycles. The van der Waals surface area contributed by atoms with Gasteiger partial charge in [-0.2, -0.15) is 12.6 Å². The van der Waals surface area contributed by atoms with Crippen LogP contribution in [-0.2, 0) is 23.9 Å². The molecular weight excluding hydrogens is 402 g/mol. The van der Waals surface area contributed by atoms with E-state index in [1.165, 1.54) is 0 Å². The summed E-state index contributed by atoms with van der Waals surface area (Å²) >= 11 is 3.99. The van der Waals surface area contributed by atoms with E-state index in [-0.39, 0.29) is 18.6 Å². The molecule has 3 atom stereocenters. The predicted molar refractivity (Wildman–Crippen MR) is 106 cm³/mol. The number of carboxylic acids is 1. The Balaban J connectivity index is 2.46. The molecule has 1 rings (SSSR count). The molecule has 0 heterocycles. The third-order valence-corrected chi connectivity index (χ3v) is 4.22. The Kier molecular flexibility index (Phi) is 10.7. The van der Waals surface area contributed by atoms with E-state index in [0.717, 1.165) is 0 Å². The molecule has 11 heteroatoms. The average Bonchev–Trinajstić information content (AvgIpc) is 2.72. The van der Waals surface area contributed by atoms with Crippen molar-refractivity contribution in [3.05, 3.63) is 35.9 Å². The number of thiol groups is 1. The van der Waals surface area contributed by atoms with Crippen molar-refractivity contribution in [3.63, 3.8) is 0 Å². The molecule has 0 bridgehead atoms. The second kappa shape index (κ2) is 12.8. The first-order chi connectivity index (χ1) is 13.8. The number of amides is 2. The number of hydrogen-bond acceptors (Lipinski definition) is 8. The zero-order chi connectivity index (χ0) is 21.8. The van der Waals surface area contributed by atoms with Gasteiger partial charge in [-0.25, -0.2) is 0 Å². The van der Waals surface area contributed by atoms with Crippen LogP contribution in [0.5, 0.6) is 0 Å². The molecule has 2 amide bonds. The average molecular weight is 427 g/mol. The maximum absolute atomic E-state index is 12.1. The normalized spacial score (nSPS) is 13.6. The van der Waals surface area contributed by atoms with Crippen LogP contribution in [0.1, 0.15) is 24.5 Å². The molecule has 0 aliphatic heterocycles. The van der Waals surface area contributed by atoms with Gasteiger partial charge in [0.2, 0.25) is 11.8 Å². The molecule has 6 N–H and O–H groups in total. The van der Waals surface area contributed by atoms with Crippen molar-refractivity contribution < 1.29 is 34.1 Å². The van der Waals surface area contributed by atoms with Crippen molar-refractivity contribution >= 4 is 36.4 Å². The van der Waals surface area contributed by atoms with Crippen LogP contribution in [-0.4, -0.2) is 65.0 Å². The van der Waals surface area contributed by atoms with Crippen molar-refractivity contribution in [1.29, 1.82) is 0 Å². The Morgan fingerprint density at radius 1 is 1.17 bits per heavy atom. The van der Waals surface area contributed by atoms with Gasteiger partial charge in [0, 0.05) is 12.2 Å². The number of ether oxygens (including phenoxy) is 1. The van der Waals surface area contributed by atoms with E-state index in [4.69, 9.17) is 15.6 Å². The van der Waals surface area contributed by atoms with Gasteiger partial charge >= 0.3 is 11.9 Å². The molecule has 0 aromatic heterocycles. The Morgan fingerprint density at radius 2 is 1.83 bits per heavy atom. The van der Waals surface area contributed by atoms with E-state index in [9.17, 15) is 24.3 Å². The second-order valence-electron chi connectivity index (χ2n) is 6.08. The summed E-state index contributed by atoms with van der Waals surface area (Å²) < 4.78 is 5.14. The highest BCUT2D eigenvalue weighted by Crippen LogP contribution is 2.16. The number of nitrogens with one attached hydrogen (secondary N) is 2. The molecule has 0 fully saturated rings. The number of benzene rings is 1. The number of rotatable bonds is 12. The maximum atomic E-state index is 12.1. The number of carbonyl (C=O) groups is 4. The van der Waals surface area contributed by atoms with Crippen molar-refractivity contribution in [2.75, 3.05) is 18.9 Å². The standard InChI is InChI=1S/C18H25N3O7S/c19-12(18(26)27)6-7-15(23)21-13(10-29)17(25)20-8-16(24)28-14(9-22)11-4-2-1-3-5-11/h1-5,12-14,22,29H,6-10,19H2,(H,20,25)(H,21,23)(H,26,27)/t12-,13-,14+/m0/s1. The third kappa shape index (κ3) is 8.94. The van der Waals surface area contributed by atoms with E-state index in [0.29, 0.717) is 5.56 Å². The van der Waals surface area contributed by atoms with Crippen LogP contribution in [0.15, 0.2) is 30.3 Å². The van der Waals surface area contributed by atoms with E-state index in [2.05, 4.69) is 23.3 Å². The van der Waals surface area contributed by atoms with Crippen LogP contribution in [0, 0.1) is 0 Å². The van der Waals surface area contributed by atoms with Crippen molar-refractivity contribution in [3.8, 4) is 0 Å². The molecule has 0 saturated heterocycles. The molecule has 0 spiro atoms. The second-order valence-corrected chi connectivity index (χ2v) is 6.44. The zero-order valence-electron chi connectivity index (χ0n) is 15.6. The number of esters is 1. The summed E-state index contributed by atoms with van der Waals surface area (Å²) in [7, 11) is 0. The summed E-state index contributed by atoms with van der Waals surface area (Å²) in [5.74, 6) is -3.26. The minimum absolute atomic E-state index is 0.0408. The molecule has 160 valence electrons. The summed E-state index contributed by atoms with van der Waals surface area (Å²) in [5.41, 5.74) is 5.93. The topological polar surface area (TPSA) is 168 Å². The van der Waals surface area contributed by atoms with Gasteiger partial charge in [0.25, 0.3) is 0 Å². The number of nitrogens with two attached hydrogens (primary N) is 1. The number of aliphatic carboxylic acids is 1. The molecule has 0 radical (unpaired) electrons. The predicted octanol–water partition coefficient (Wildman–Crippen LogP) is -1.01. The number of carboxylic acid groups (broad SMARTS) is 1. The largest absolute Gasteiger partial charge is 0.480 e. The molecule has 1 aromatic carbocycles. The quantitative estimate of drug-likeness (QED) is 0.182. The lowest BCUT2D eigenvalue weighted by atomic mass is 10.1. The fraction of sp³-hybridized carbons (Fsp3) is 0.444. The van der Waals surface area contributed by atoms with Crippen molar-refractivity contribution in [1.82, 2.24) is 10.6 Å². The first-order valence-electron chi connectivity index (χ1n) is 8.80. The molecular formula is C18H25N3O7S. The van der Waals surface area contributed by atoms with Gasteiger partial charge in [-0.05, 0) is 12.0 Å². The van der Waals surface area contributed by atoms with Gasteiger partial charge in [-0.1, -0.05) is 30.3 Å². The zero-order valence-corrected chi connectivity index (χ0v) is 16.5. The van der Waals surface area contributed by atoms with Crippen molar-refractivity contribution in [2.24, 2.45) is 5.73 Å². The lowest BCUT2D eigenvalue weighted by Crippen LogP contribution is -2.49. The van der Waals surface area contributed by atoms with Crippen LogP contribution < -0.4 is 16.4 Å². The van der Waals surface area contributed by atoms with Gasteiger partial charge in [0.1, 0.15) is 24.7 Å². The molecule has 1 aromatic rings. The van der Waals surface area contributed by atoms with E-state index in [1.807, 2.05) is 0 Å². The molecule has 0 unspecified atom stereocenters. The third-order valence-electron chi connectivity index (χ3n) is 3.85. The maximum Gasteiger partial charge on any atom is 0.326 e. The summed E-state index contributed by atoms with van der Waals surface area (Å²) in [6.45, 7) is -0.885. The molecule has 10 nitrogen and oxygen atoms in total. The highest BCUT2D eigenvalue weighted by Gasteiger charge is 2.22. The fourth-order valence-electron chi connectivity index (χ4n) is 2.23. The van der Waals surface area contributed by atoms with Crippen LogP contribution in [0.4, 0.5) is 0 Å². The Bertz CT molecular complexity index is 702. The van der Waals surface area contributed by atoms with Crippen LogP contribution >= 0.6 is 12.6 Å². The number of aliphatic hydroxyl groups is 1. The molecule has 0 saturated carbocycles. The van der Waals surface area contributed by atoms with E-state index >= 15 is 0 Å². The lowest BCUT2D eigenvalue weighted by Gasteiger charge is -2.18. The fourth-order valence-corrected chi connectivity index (χ4v) is 2.49. The van der Waals surface area contributed by atoms with E-state index in [1.54, 1.807) is 30.3 Å². The summed E-state index contributed by atoms with van der Waals surface area (Å²) in [4.78, 5) is 46.5. The van der Waals surface area contributed by atoms with Crippen LogP contribution in [0.2, 0.25) is 0 Å². The van der Waals surface area contributed by atoms with Crippen molar-refractivity contribution in [2.45, 2.75) is 31.0 Å². The monoisotopic (exact) mass is 427 g/mol. The van der Waals surface area contributed by atoms with Crippen LogP contribution in [0.3, 0.4) is 0 Å². The minimum atomic E-state index is -1.23. The summed E-state index contributed by atoms with van der Waals surface area (Å²) in [5, 5.41) is 22.8. The van der Waals surface area contributed by atoms with Gasteiger partial charge in [-0.15, -0.1) is 0 Å². The van der Waals surface area contributed by atoms with Gasteiger partial charge in [0.15, 0.2) is 0 Å². The SMILES string of the molecule is N[C@@H](CCC(=O)N[C@@H](CS)C(=O)NCC(=O)O[C@H](CO)c1ccccc1)C(=O)O. The number of aliphatic hydroxyl groups excluding tert-OH is 1. The van der Waals surface area contributed by atoms with Gasteiger partial charge in [-0.3, -0.25) is 19.2 Å². The highest BCUT2D eigenvalue weighted by molar-refractivity contribution is 7.80. The first-order valence-corrected chi connectivity index (χ1v) is 9.43. The Labute approximate surface area is 173 Å². The summed E-state index contributed by atoms with van der Waals surface area (Å²) in [6.07, 6.45) is -1.13. The molecule has 0 aliphatic rings. The van der Waals surface area contributed by atoms with Gasteiger partial charge < -0.3 is 31.3 Å². The first kappa shape index (κ1) is 24.4. The lowest BCUT2D eigenvalue weighted by molar-refractivity contribution is -0.151. The number of hydrogen-bond donors (Lipinski definition) is 6. The highest BCUT2D eigenvalue weighted by atomic mass is 32.1.